The van der Waals surface area contributed by atoms with E-state index in [4.69, 9.17) is 40.1 Å². The van der Waals surface area contributed by atoms with Gasteiger partial charge in [0.2, 0.25) is 0 Å². The third-order valence-corrected chi connectivity index (χ3v) is 6.24. The van der Waals surface area contributed by atoms with Crippen LogP contribution in [-0.4, -0.2) is 91.6 Å². The first-order valence-corrected chi connectivity index (χ1v) is 12.2. The quantitative estimate of drug-likeness (QED) is 0.116. The second kappa shape index (κ2) is 15.7. The highest BCUT2D eigenvalue weighted by Crippen LogP contribution is 2.36. The van der Waals surface area contributed by atoms with E-state index in [2.05, 4.69) is 0 Å². The molecular formula is C26H30O16. The first-order chi connectivity index (χ1) is 19.5. The van der Waals surface area contributed by atoms with E-state index in [1.165, 1.54) is 24.3 Å². The molecular weight excluding hydrogens is 568 g/mol. The Bertz CT molecular complexity index is 1020. The zero-order valence-electron chi connectivity index (χ0n) is 22.1. The smallest absolute Gasteiger partial charge is 0.338 e. The predicted octanol–water partition coefficient (Wildman–Crippen LogP) is 1.60. The molecule has 0 saturated heterocycles. The molecule has 6 N–H and O–H groups in total. The Labute approximate surface area is 237 Å². The van der Waals surface area contributed by atoms with Crippen molar-refractivity contribution in [3.8, 4) is 0 Å². The van der Waals surface area contributed by atoms with Crippen molar-refractivity contribution in [2.75, 3.05) is 13.2 Å². The maximum atomic E-state index is 12.4. The van der Waals surface area contributed by atoms with Gasteiger partial charge in [0, 0.05) is 10.8 Å². The molecule has 16 heteroatoms. The fourth-order valence-corrected chi connectivity index (χ4v) is 4.46. The topological polar surface area (TPSA) is 276 Å². The van der Waals surface area contributed by atoms with E-state index in [9.17, 15) is 38.4 Å². The zero-order valence-corrected chi connectivity index (χ0v) is 22.1. The van der Waals surface area contributed by atoms with Crippen molar-refractivity contribution < 1.29 is 78.5 Å². The Morgan fingerprint density at radius 2 is 0.667 bits per heavy atom. The average molecular weight is 599 g/mol. The van der Waals surface area contributed by atoms with Gasteiger partial charge >= 0.3 is 47.8 Å². The Kier molecular flexibility index (Phi) is 13.1. The summed E-state index contributed by atoms with van der Waals surface area (Å²) >= 11 is 0. The molecule has 0 spiro atoms. The van der Waals surface area contributed by atoms with Gasteiger partial charge in [-0.2, -0.15) is 0 Å². The number of carbonyl (C=O) groups excluding carboxylic acids is 2. The van der Waals surface area contributed by atoms with Crippen LogP contribution < -0.4 is 0 Å². The molecule has 0 aromatic heterocycles. The molecule has 0 aliphatic carbocycles. The number of carbonyl (C=O) groups is 8. The largest absolute Gasteiger partial charge is 0.481 e. The lowest BCUT2D eigenvalue weighted by Crippen LogP contribution is -2.32. The van der Waals surface area contributed by atoms with Gasteiger partial charge in [-0.15, -0.1) is 0 Å². The molecule has 42 heavy (non-hydrogen) atoms. The van der Waals surface area contributed by atoms with Gasteiger partial charge in [-0.1, -0.05) is 0 Å². The van der Waals surface area contributed by atoms with Crippen LogP contribution in [0.25, 0.3) is 0 Å². The molecule has 0 heterocycles. The lowest BCUT2D eigenvalue weighted by atomic mass is 9.75. The number of rotatable bonds is 20. The fraction of sp³-hybridized carbons (Fsp3) is 0.462. The van der Waals surface area contributed by atoms with Crippen LogP contribution in [-0.2, 0) is 38.2 Å². The molecule has 0 fully saturated rings. The van der Waals surface area contributed by atoms with Gasteiger partial charge < -0.3 is 40.1 Å². The van der Waals surface area contributed by atoms with Crippen LogP contribution in [0.15, 0.2) is 24.3 Å². The fourth-order valence-electron chi connectivity index (χ4n) is 4.46. The summed E-state index contributed by atoms with van der Waals surface area (Å²) in [6.07, 6.45) is -5.47. The van der Waals surface area contributed by atoms with Crippen LogP contribution in [0, 0.1) is 10.8 Å². The van der Waals surface area contributed by atoms with Crippen LogP contribution in [0.3, 0.4) is 0 Å². The van der Waals surface area contributed by atoms with Crippen molar-refractivity contribution in [3.63, 3.8) is 0 Å². The summed E-state index contributed by atoms with van der Waals surface area (Å²) in [5.74, 6) is -10.4. The molecule has 0 saturated carbocycles. The summed E-state index contributed by atoms with van der Waals surface area (Å²) in [4.78, 5) is 92.1. The minimum Gasteiger partial charge on any atom is -0.481 e. The van der Waals surface area contributed by atoms with Crippen LogP contribution in [0.2, 0.25) is 0 Å². The zero-order chi connectivity index (χ0) is 32.1. The Morgan fingerprint density at radius 1 is 0.452 bits per heavy atom. The highest BCUT2D eigenvalue weighted by Gasteiger charge is 2.39. The van der Waals surface area contributed by atoms with Crippen molar-refractivity contribution >= 4 is 47.8 Å². The molecule has 1 rings (SSSR count). The minimum atomic E-state index is -1.71. The van der Waals surface area contributed by atoms with Crippen LogP contribution in [0.1, 0.15) is 72.1 Å². The molecule has 1 aromatic rings. The van der Waals surface area contributed by atoms with E-state index in [0.717, 1.165) is 0 Å². The molecule has 0 radical (unpaired) electrons. The maximum Gasteiger partial charge on any atom is 0.338 e. The molecule has 0 bridgehead atoms. The number of benzene rings is 1. The minimum absolute atomic E-state index is 0.0738. The molecule has 0 amide bonds. The van der Waals surface area contributed by atoms with E-state index in [-0.39, 0.29) is 24.0 Å². The lowest BCUT2D eigenvalue weighted by Gasteiger charge is -2.29. The monoisotopic (exact) mass is 598 g/mol. The first kappa shape index (κ1) is 35.0. The number of hydrogen-bond donors (Lipinski definition) is 6. The van der Waals surface area contributed by atoms with Gasteiger partial charge in [-0.25, -0.2) is 9.59 Å². The summed E-state index contributed by atoms with van der Waals surface area (Å²) in [6.45, 7) is -0.998. The number of carboxylic acid groups (broad SMARTS) is 6. The number of aliphatic carboxylic acids is 6. The van der Waals surface area contributed by atoms with Gasteiger partial charge in [0.05, 0.1) is 62.9 Å². The Morgan fingerprint density at radius 3 is 0.857 bits per heavy atom. The number of carboxylic acids is 6. The lowest BCUT2D eigenvalue weighted by molar-refractivity contribution is -0.151. The first-order valence-electron chi connectivity index (χ1n) is 12.2. The van der Waals surface area contributed by atoms with Crippen LogP contribution >= 0.6 is 0 Å². The molecule has 1 aromatic carbocycles. The average Bonchev–Trinajstić information content (AvgIpc) is 2.81. The molecule has 0 unspecified atom stereocenters. The van der Waals surface area contributed by atoms with E-state index in [0.29, 0.717) is 0 Å². The van der Waals surface area contributed by atoms with Gasteiger partial charge in [0.1, 0.15) is 0 Å². The molecule has 0 aliphatic heterocycles. The van der Waals surface area contributed by atoms with Crippen molar-refractivity contribution in [2.45, 2.75) is 51.4 Å². The highest BCUT2D eigenvalue weighted by molar-refractivity contribution is 5.93. The van der Waals surface area contributed by atoms with Crippen LogP contribution in [0.4, 0.5) is 0 Å². The predicted molar refractivity (Wildman–Crippen MR) is 135 cm³/mol. The van der Waals surface area contributed by atoms with E-state index in [1.807, 2.05) is 0 Å². The second-order valence-electron chi connectivity index (χ2n) is 9.77. The molecule has 230 valence electrons. The second-order valence-corrected chi connectivity index (χ2v) is 9.77. The van der Waals surface area contributed by atoms with Gasteiger partial charge in [-0.05, 0) is 37.1 Å². The van der Waals surface area contributed by atoms with Gasteiger partial charge in [0.25, 0.3) is 0 Å². The van der Waals surface area contributed by atoms with E-state index < -0.39 is 110 Å². The van der Waals surface area contributed by atoms with Crippen molar-refractivity contribution in [2.24, 2.45) is 10.8 Å². The normalized spacial score (nSPS) is 11.2. The van der Waals surface area contributed by atoms with Gasteiger partial charge in [0.15, 0.2) is 0 Å². The third-order valence-electron chi connectivity index (χ3n) is 6.24. The van der Waals surface area contributed by atoms with Gasteiger partial charge in [-0.3, -0.25) is 28.8 Å². The standard InChI is InChI=1S/C26H30O16/c27-17(28)9-25(10-18(29)30,11-19(31)32)5-7-41-23(39)15-1-2-16(4-3-15)24(40)42-8-6-26(12-20(33)34,13-21(35)36)14-22(37)38/h1-4H,5-14H2,(H,27,28)(H,29,30)(H,31,32)(H,33,34)(H,35,36)(H,37,38). The van der Waals surface area contributed by atoms with Crippen molar-refractivity contribution in [1.82, 2.24) is 0 Å². The summed E-state index contributed by atoms with van der Waals surface area (Å²) in [6, 6.07) is 4.67. The molecule has 16 nitrogen and oxygen atoms in total. The maximum absolute atomic E-state index is 12.4. The van der Waals surface area contributed by atoms with Crippen molar-refractivity contribution in [3.05, 3.63) is 35.4 Å². The van der Waals surface area contributed by atoms with E-state index in [1.54, 1.807) is 0 Å². The van der Waals surface area contributed by atoms with E-state index >= 15 is 0 Å². The Balaban J connectivity index is 2.85. The van der Waals surface area contributed by atoms with Crippen LogP contribution in [0.5, 0.6) is 0 Å². The summed E-state index contributed by atoms with van der Waals surface area (Å²) < 4.78 is 10.1. The number of ether oxygens (including phenoxy) is 2. The summed E-state index contributed by atoms with van der Waals surface area (Å²) in [5, 5.41) is 54.8. The summed E-state index contributed by atoms with van der Waals surface area (Å²) in [5.41, 5.74) is -3.58. The number of hydrogen-bond acceptors (Lipinski definition) is 10. The number of esters is 2. The summed E-state index contributed by atoms with van der Waals surface area (Å²) in [7, 11) is 0. The van der Waals surface area contributed by atoms with Crippen molar-refractivity contribution in [1.29, 1.82) is 0 Å². The third kappa shape index (κ3) is 12.4. The SMILES string of the molecule is O=C(O)CC(CCOC(=O)c1ccc(C(=O)OCCC(CC(=O)O)(CC(=O)O)CC(=O)O)cc1)(CC(=O)O)CC(=O)O. The highest BCUT2D eigenvalue weighted by atomic mass is 16.5. The molecule has 0 atom stereocenters. The Hall–Kier alpha value is -5.02. The molecule has 0 aliphatic rings.